The van der Waals surface area contributed by atoms with Gasteiger partial charge in [-0.25, -0.2) is 0 Å². The SMILES string of the molecule is C[C@@H]1O[C@@H](O[C@H]2CC[C@@]3(C)[C@H](CC[C@@H]4[C@@H]3CC[C@]3(C)[C@@H]5CC[C@]43O[C@@H](N)[C@H]5CC(=O)O)C2)[C@H](O)[C@@H](N)[C@H]1O. The number of rotatable bonds is 4. The van der Waals surface area contributed by atoms with E-state index in [-0.39, 0.29) is 34.9 Å². The molecule has 0 spiro atoms. The topological polar surface area (TPSA) is 157 Å². The van der Waals surface area contributed by atoms with Gasteiger partial charge in [0.25, 0.3) is 0 Å². The molecule has 38 heavy (non-hydrogen) atoms. The summed E-state index contributed by atoms with van der Waals surface area (Å²) in [6, 6.07) is -0.781. The third-order valence-electron chi connectivity index (χ3n) is 12.7. The van der Waals surface area contributed by atoms with E-state index in [1.165, 1.54) is 0 Å². The van der Waals surface area contributed by atoms with Crippen LogP contribution < -0.4 is 11.5 Å². The zero-order chi connectivity index (χ0) is 27.2. The second-order valence-electron chi connectivity index (χ2n) is 14.1. The maximum Gasteiger partial charge on any atom is 0.303 e. The highest BCUT2D eigenvalue weighted by Crippen LogP contribution is 2.73. The molecule has 0 unspecified atom stereocenters. The summed E-state index contributed by atoms with van der Waals surface area (Å²) in [4.78, 5) is 11.6. The van der Waals surface area contributed by atoms with Gasteiger partial charge in [-0.15, -0.1) is 0 Å². The Balaban J connectivity index is 1.18. The predicted molar refractivity (Wildman–Crippen MR) is 138 cm³/mol. The fraction of sp³-hybridized carbons (Fsp3) is 0.966. The highest BCUT2D eigenvalue weighted by molar-refractivity contribution is 5.67. The molecule has 2 aliphatic heterocycles. The van der Waals surface area contributed by atoms with Crippen LogP contribution in [0.2, 0.25) is 0 Å². The predicted octanol–water partition coefficient (Wildman–Crippen LogP) is 2.35. The second-order valence-corrected chi connectivity index (χ2v) is 14.1. The molecule has 9 nitrogen and oxygen atoms in total. The smallest absolute Gasteiger partial charge is 0.303 e. The Hall–Kier alpha value is -0.810. The quantitative estimate of drug-likeness (QED) is 0.340. The number of aliphatic hydroxyl groups excluding tert-OH is 2. The first kappa shape index (κ1) is 27.4. The van der Waals surface area contributed by atoms with E-state index in [2.05, 4.69) is 13.8 Å². The van der Waals surface area contributed by atoms with Gasteiger partial charge in [-0.05, 0) is 93.8 Å². The Morgan fingerprint density at radius 3 is 2.45 bits per heavy atom. The number of carbonyl (C=O) groups is 1. The number of ether oxygens (including phenoxy) is 3. The van der Waals surface area contributed by atoms with E-state index in [0.717, 1.165) is 57.8 Å². The van der Waals surface area contributed by atoms with Crippen LogP contribution in [0.3, 0.4) is 0 Å². The van der Waals surface area contributed by atoms with Gasteiger partial charge < -0.3 is 41.0 Å². The van der Waals surface area contributed by atoms with Crippen LogP contribution in [0.4, 0.5) is 0 Å². The van der Waals surface area contributed by atoms with Gasteiger partial charge in [0.2, 0.25) is 0 Å². The Kier molecular flexibility index (Phi) is 6.74. The van der Waals surface area contributed by atoms with E-state index in [1.807, 2.05) is 0 Å². The first-order chi connectivity index (χ1) is 17.9. The van der Waals surface area contributed by atoms with E-state index < -0.39 is 42.8 Å². The number of hydrogen-bond acceptors (Lipinski definition) is 8. The third kappa shape index (κ3) is 3.79. The monoisotopic (exact) mass is 536 g/mol. The van der Waals surface area contributed by atoms with E-state index in [0.29, 0.717) is 23.7 Å². The van der Waals surface area contributed by atoms with E-state index in [9.17, 15) is 20.1 Å². The molecule has 0 radical (unpaired) electrons. The molecular weight excluding hydrogens is 488 g/mol. The molecule has 9 heteroatoms. The second kappa shape index (κ2) is 9.36. The zero-order valence-electron chi connectivity index (χ0n) is 23.1. The first-order valence-corrected chi connectivity index (χ1v) is 15.0. The summed E-state index contributed by atoms with van der Waals surface area (Å²) in [5.41, 5.74) is 12.5. The molecule has 4 saturated carbocycles. The summed E-state index contributed by atoms with van der Waals surface area (Å²) in [7, 11) is 0. The maximum atomic E-state index is 11.6. The van der Waals surface area contributed by atoms with Crippen LogP contribution in [0.1, 0.15) is 85.0 Å². The summed E-state index contributed by atoms with van der Waals surface area (Å²) < 4.78 is 19.0. The number of aliphatic hydroxyl groups is 2. The fourth-order valence-electron chi connectivity index (χ4n) is 10.7. The van der Waals surface area contributed by atoms with Crippen molar-refractivity contribution in [2.45, 2.75) is 134 Å². The maximum absolute atomic E-state index is 11.6. The molecule has 2 saturated heterocycles. The third-order valence-corrected chi connectivity index (χ3v) is 12.7. The average Bonchev–Trinajstić information content (AvgIpc) is 3.07. The molecule has 0 aromatic carbocycles. The zero-order valence-corrected chi connectivity index (χ0v) is 23.1. The lowest BCUT2D eigenvalue weighted by molar-refractivity contribution is -0.300. The van der Waals surface area contributed by atoms with Crippen LogP contribution in [-0.2, 0) is 19.0 Å². The number of hydrogen-bond donors (Lipinski definition) is 5. The van der Waals surface area contributed by atoms with Crippen molar-refractivity contribution in [3.05, 3.63) is 0 Å². The summed E-state index contributed by atoms with van der Waals surface area (Å²) in [5.74, 6) is 0.944. The number of aliphatic carboxylic acids is 1. The van der Waals surface area contributed by atoms with Crippen molar-refractivity contribution in [3.63, 3.8) is 0 Å². The van der Waals surface area contributed by atoms with Gasteiger partial charge in [0.05, 0.1) is 36.4 Å². The molecular formula is C29H48N2O7. The number of fused-ring (bicyclic) bond motifs is 3. The Bertz CT molecular complexity index is 937. The lowest BCUT2D eigenvalue weighted by Crippen LogP contribution is -2.68. The molecule has 0 amide bonds. The minimum atomic E-state index is -1.05. The van der Waals surface area contributed by atoms with Gasteiger partial charge in [-0.2, -0.15) is 0 Å². The summed E-state index contributed by atoms with van der Waals surface area (Å²) in [6.45, 7) is 6.62. The van der Waals surface area contributed by atoms with Crippen LogP contribution >= 0.6 is 0 Å². The molecule has 216 valence electrons. The lowest BCUT2D eigenvalue weighted by atomic mass is 9.42. The molecule has 15 atom stereocenters. The average molecular weight is 537 g/mol. The van der Waals surface area contributed by atoms with Crippen LogP contribution in [0.25, 0.3) is 0 Å². The molecule has 7 N–H and O–H groups in total. The van der Waals surface area contributed by atoms with Crippen molar-refractivity contribution < 1.29 is 34.3 Å². The van der Waals surface area contributed by atoms with E-state index in [1.54, 1.807) is 6.92 Å². The number of nitrogens with two attached hydrogens (primary N) is 2. The van der Waals surface area contributed by atoms with Crippen molar-refractivity contribution >= 4 is 5.97 Å². The summed E-state index contributed by atoms with van der Waals surface area (Å²) in [6.07, 6.45) is 5.69. The van der Waals surface area contributed by atoms with Crippen molar-refractivity contribution in [1.29, 1.82) is 0 Å². The molecule has 2 bridgehead atoms. The minimum absolute atomic E-state index is 0.00192. The van der Waals surface area contributed by atoms with Crippen molar-refractivity contribution in [1.82, 2.24) is 0 Å². The standard InChI is InChI=1S/C29H48N2O7/c1-14-23(34)22(30)24(35)26(36-14)37-16-6-9-27(2)15(12-16)4-5-20-19(27)7-10-28(3)18-8-11-29(20,28)38-25(31)17(18)13-21(32)33/h14-20,22-26,34-35H,4-13,30-31H2,1-3H3,(H,32,33)/t14-,15+,16-,17-,18+,19-,20+,22-,23-,24+,25+,26-,27-,28+,29-/m0/s1. The molecule has 0 aromatic heterocycles. The van der Waals surface area contributed by atoms with Crippen LogP contribution in [0.15, 0.2) is 0 Å². The van der Waals surface area contributed by atoms with Gasteiger partial charge in [0.15, 0.2) is 6.29 Å². The Labute approximate surface area is 225 Å². The Morgan fingerprint density at radius 2 is 1.71 bits per heavy atom. The van der Waals surface area contributed by atoms with Crippen LogP contribution in [0, 0.1) is 40.4 Å². The van der Waals surface area contributed by atoms with E-state index in [4.69, 9.17) is 25.7 Å². The molecule has 6 fully saturated rings. The first-order valence-electron chi connectivity index (χ1n) is 15.0. The highest BCUT2D eigenvalue weighted by Gasteiger charge is 2.72. The van der Waals surface area contributed by atoms with Crippen molar-refractivity contribution in [2.75, 3.05) is 0 Å². The van der Waals surface area contributed by atoms with Gasteiger partial charge >= 0.3 is 5.97 Å². The molecule has 2 heterocycles. The number of carboxylic acids is 1. The largest absolute Gasteiger partial charge is 0.481 e. The van der Waals surface area contributed by atoms with E-state index >= 15 is 0 Å². The molecule has 0 aromatic rings. The summed E-state index contributed by atoms with van der Waals surface area (Å²) in [5, 5.41) is 30.3. The van der Waals surface area contributed by atoms with Crippen LogP contribution in [0.5, 0.6) is 0 Å². The molecule has 6 rings (SSSR count). The van der Waals surface area contributed by atoms with Gasteiger partial charge in [-0.3, -0.25) is 4.79 Å². The number of carboxylic acid groups (broad SMARTS) is 1. The molecule has 6 aliphatic rings. The van der Waals surface area contributed by atoms with Crippen molar-refractivity contribution in [2.24, 2.45) is 51.9 Å². The van der Waals surface area contributed by atoms with Crippen LogP contribution in [-0.4, -0.2) is 69.9 Å². The normalized spacial score (nSPS) is 58.0. The highest BCUT2D eigenvalue weighted by atomic mass is 16.7. The summed E-state index contributed by atoms with van der Waals surface area (Å²) >= 11 is 0. The van der Waals surface area contributed by atoms with Gasteiger partial charge in [-0.1, -0.05) is 13.8 Å². The van der Waals surface area contributed by atoms with Gasteiger partial charge in [0.1, 0.15) is 12.3 Å². The van der Waals surface area contributed by atoms with Crippen molar-refractivity contribution in [3.8, 4) is 0 Å². The fourth-order valence-corrected chi connectivity index (χ4v) is 10.7. The minimum Gasteiger partial charge on any atom is -0.481 e. The Morgan fingerprint density at radius 1 is 0.974 bits per heavy atom. The van der Waals surface area contributed by atoms with Gasteiger partial charge in [0, 0.05) is 11.3 Å². The molecule has 4 aliphatic carbocycles. The lowest BCUT2D eigenvalue weighted by Gasteiger charge is -2.67.